The quantitative estimate of drug-likeness (QED) is 0.762. The van der Waals surface area contributed by atoms with Crippen LogP contribution >= 0.6 is 0 Å². The summed E-state index contributed by atoms with van der Waals surface area (Å²) in [6.07, 6.45) is 2.60. The molecule has 7 heteroatoms. The topological polar surface area (TPSA) is 107 Å². The Hall–Kier alpha value is -2.83. The maximum absolute atomic E-state index is 6.16. The van der Waals surface area contributed by atoms with E-state index < -0.39 is 0 Å². The fourth-order valence-corrected chi connectivity index (χ4v) is 3.47. The number of hydrogen-bond acceptors (Lipinski definition) is 7. The molecule has 0 amide bonds. The lowest BCUT2D eigenvalue weighted by Crippen LogP contribution is -2.17. The first-order valence-corrected chi connectivity index (χ1v) is 8.07. The predicted molar refractivity (Wildman–Crippen MR) is 94.1 cm³/mol. The third kappa shape index (κ3) is 2.33. The minimum atomic E-state index is 0.171. The van der Waals surface area contributed by atoms with Gasteiger partial charge in [-0.1, -0.05) is 13.8 Å². The van der Waals surface area contributed by atoms with Crippen molar-refractivity contribution in [3.8, 4) is 0 Å². The second kappa shape index (κ2) is 5.36. The van der Waals surface area contributed by atoms with Gasteiger partial charge in [0.25, 0.3) is 6.01 Å². The minimum absolute atomic E-state index is 0.171. The third-order valence-corrected chi connectivity index (χ3v) is 4.39. The molecule has 1 aromatic carbocycles. The highest BCUT2D eigenvalue weighted by atomic mass is 16.4. The Labute approximate surface area is 139 Å². The molecule has 7 nitrogen and oxygen atoms in total. The fraction of sp³-hybridized carbons (Fsp3) is 0.353. The van der Waals surface area contributed by atoms with Crippen molar-refractivity contribution in [3.63, 3.8) is 0 Å². The van der Waals surface area contributed by atoms with Gasteiger partial charge in [0, 0.05) is 18.2 Å². The van der Waals surface area contributed by atoms with Crippen molar-refractivity contribution in [2.75, 3.05) is 22.9 Å². The number of hydrogen-bond donors (Lipinski definition) is 2. The van der Waals surface area contributed by atoms with Crippen molar-refractivity contribution in [2.45, 2.75) is 26.2 Å². The summed E-state index contributed by atoms with van der Waals surface area (Å²) >= 11 is 0. The van der Waals surface area contributed by atoms with Crippen molar-refractivity contribution in [2.24, 2.45) is 5.92 Å². The number of rotatable bonds is 3. The zero-order chi connectivity index (χ0) is 16.8. The Morgan fingerprint density at radius 3 is 2.92 bits per heavy atom. The van der Waals surface area contributed by atoms with Gasteiger partial charge in [0.05, 0.1) is 5.69 Å². The summed E-state index contributed by atoms with van der Waals surface area (Å²) in [6, 6.07) is 6.00. The number of anilines is 4. The first kappa shape index (κ1) is 14.7. The van der Waals surface area contributed by atoms with Crippen molar-refractivity contribution in [1.82, 2.24) is 15.0 Å². The smallest absolute Gasteiger partial charge is 0.292 e. The highest BCUT2D eigenvalue weighted by Gasteiger charge is 2.33. The highest BCUT2D eigenvalue weighted by Crippen LogP contribution is 2.44. The molecule has 4 rings (SSSR count). The first-order chi connectivity index (χ1) is 11.5. The van der Waals surface area contributed by atoms with Crippen molar-refractivity contribution < 1.29 is 4.42 Å². The lowest BCUT2D eigenvalue weighted by atomic mass is 9.95. The van der Waals surface area contributed by atoms with Crippen LogP contribution in [0.5, 0.6) is 0 Å². The molecule has 124 valence electrons. The summed E-state index contributed by atoms with van der Waals surface area (Å²) in [4.78, 5) is 15.1. The average molecular weight is 324 g/mol. The van der Waals surface area contributed by atoms with Crippen LogP contribution in [0.25, 0.3) is 11.1 Å². The van der Waals surface area contributed by atoms with Crippen molar-refractivity contribution in [1.29, 1.82) is 0 Å². The van der Waals surface area contributed by atoms with Gasteiger partial charge in [-0.25, -0.2) is 9.97 Å². The van der Waals surface area contributed by atoms with Gasteiger partial charge in [-0.15, -0.1) is 0 Å². The number of nitrogen functional groups attached to an aromatic ring is 2. The SMILES string of the molecule is CC(C)CC1CN(c2ccc3oc(N)nc3c2)c2c(N)ncnc21. The Morgan fingerprint density at radius 2 is 2.12 bits per heavy atom. The van der Waals surface area contributed by atoms with Crippen LogP contribution < -0.4 is 16.4 Å². The zero-order valence-electron chi connectivity index (χ0n) is 13.7. The molecule has 3 heterocycles. The Bertz CT molecular complexity index is 903. The number of fused-ring (bicyclic) bond motifs is 2. The summed E-state index contributed by atoms with van der Waals surface area (Å²) in [5, 5.41) is 0. The molecule has 4 N–H and O–H groups in total. The number of nitrogens with two attached hydrogens (primary N) is 2. The number of nitrogens with zero attached hydrogens (tertiary/aromatic N) is 4. The van der Waals surface area contributed by atoms with Gasteiger partial charge in [0.1, 0.15) is 17.5 Å². The van der Waals surface area contributed by atoms with E-state index in [2.05, 4.69) is 33.7 Å². The standard InChI is InChI=1S/C17H20N6O/c1-9(2)5-10-7-23(15-14(10)20-8-21-16(15)18)11-3-4-13-12(6-11)22-17(19)24-13/h3-4,6,8-10H,5,7H2,1-2H3,(H2,19,22)(H2,18,20,21). The molecule has 0 aliphatic carbocycles. The van der Waals surface area contributed by atoms with Crippen LogP contribution in [-0.2, 0) is 0 Å². The molecule has 0 spiro atoms. The van der Waals surface area contributed by atoms with Gasteiger partial charge in [0.2, 0.25) is 0 Å². The largest absolute Gasteiger partial charge is 0.424 e. The number of oxazole rings is 1. The monoisotopic (exact) mass is 324 g/mol. The number of benzene rings is 1. The van der Waals surface area contributed by atoms with Gasteiger partial charge in [-0.2, -0.15) is 4.98 Å². The zero-order valence-corrected chi connectivity index (χ0v) is 13.7. The van der Waals surface area contributed by atoms with Crippen LogP contribution in [0.15, 0.2) is 28.9 Å². The molecule has 0 radical (unpaired) electrons. The normalized spacial score (nSPS) is 17.0. The maximum atomic E-state index is 6.16. The van der Waals surface area contributed by atoms with Gasteiger partial charge < -0.3 is 20.8 Å². The predicted octanol–water partition coefficient (Wildman–Crippen LogP) is 3.06. The Kier molecular flexibility index (Phi) is 3.30. The van der Waals surface area contributed by atoms with Crippen LogP contribution in [0.1, 0.15) is 31.9 Å². The van der Waals surface area contributed by atoms with E-state index >= 15 is 0 Å². The van der Waals surface area contributed by atoms with E-state index in [0.29, 0.717) is 23.2 Å². The summed E-state index contributed by atoms with van der Waals surface area (Å²) in [6.45, 7) is 5.27. The lowest BCUT2D eigenvalue weighted by molar-refractivity contribution is 0.510. The van der Waals surface area contributed by atoms with Crippen LogP contribution in [0, 0.1) is 5.92 Å². The second-order valence-corrected chi connectivity index (χ2v) is 6.63. The van der Waals surface area contributed by atoms with E-state index in [4.69, 9.17) is 15.9 Å². The van der Waals surface area contributed by atoms with E-state index in [1.165, 1.54) is 0 Å². The summed E-state index contributed by atoms with van der Waals surface area (Å²) in [5.41, 5.74) is 16.1. The summed E-state index contributed by atoms with van der Waals surface area (Å²) < 4.78 is 5.35. The Balaban J connectivity index is 1.80. The van der Waals surface area contributed by atoms with E-state index in [1.807, 2.05) is 18.2 Å². The Morgan fingerprint density at radius 1 is 1.29 bits per heavy atom. The minimum Gasteiger partial charge on any atom is -0.424 e. The molecule has 0 bridgehead atoms. The molecule has 2 aromatic heterocycles. The van der Waals surface area contributed by atoms with Gasteiger partial charge in [0.15, 0.2) is 11.4 Å². The number of aromatic nitrogens is 3. The van der Waals surface area contributed by atoms with Gasteiger partial charge in [-0.05, 0) is 30.5 Å². The lowest BCUT2D eigenvalue weighted by Gasteiger charge is -2.20. The highest BCUT2D eigenvalue weighted by molar-refractivity contribution is 5.84. The molecule has 0 fully saturated rings. The van der Waals surface area contributed by atoms with Crippen LogP contribution in [-0.4, -0.2) is 21.5 Å². The van der Waals surface area contributed by atoms with Crippen molar-refractivity contribution in [3.05, 3.63) is 30.2 Å². The van der Waals surface area contributed by atoms with E-state index in [9.17, 15) is 0 Å². The maximum Gasteiger partial charge on any atom is 0.292 e. The first-order valence-electron chi connectivity index (χ1n) is 8.07. The van der Waals surface area contributed by atoms with Gasteiger partial charge >= 0.3 is 0 Å². The summed E-state index contributed by atoms with van der Waals surface area (Å²) in [5.74, 6) is 1.42. The average Bonchev–Trinajstić information content (AvgIpc) is 3.07. The van der Waals surface area contributed by atoms with Crippen LogP contribution in [0.3, 0.4) is 0 Å². The van der Waals surface area contributed by atoms with Gasteiger partial charge in [-0.3, -0.25) is 0 Å². The second-order valence-electron chi connectivity index (χ2n) is 6.63. The van der Waals surface area contributed by atoms with E-state index in [1.54, 1.807) is 6.33 Å². The molecular formula is C17H20N6O. The molecule has 1 atom stereocenters. The fourth-order valence-electron chi connectivity index (χ4n) is 3.47. The molecule has 1 aliphatic heterocycles. The molecule has 1 aliphatic rings. The molecule has 0 saturated heterocycles. The van der Waals surface area contributed by atoms with Crippen molar-refractivity contribution >= 4 is 34.3 Å². The van der Waals surface area contributed by atoms with Crippen LogP contribution in [0.4, 0.5) is 23.2 Å². The molecule has 0 saturated carbocycles. The summed E-state index contributed by atoms with van der Waals surface area (Å²) in [7, 11) is 0. The van der Waals surface area contributed by atoms with Crippen LogP contribution in [0.2, 0.25) is 0 Å². The molecular weight excluding hydrogens is 304 g/mol. The molecule has 1 unspecified atom stereocenters. The van der Waals surface area contributed by atoms with E-state index in [-0.39, 0.29) is 6.01 Å². The third-order valence-electron chi connectivity index (χ3n) is 4.39. The van der Waals surface area contributed by atoms with E-state index in [0.717, 1.165) is 35.6 Å². The molecule has 24 heavy (non-hydrogen) atoms. The molecule has 3 aromatic rings.